The zero-order chi connectivity index (χ0) is 17.3. The summed E-state index contributed by atoms with van der Waals surface area (Å²) in [5.74, 6) is -0.435. The number of hydrogen-bond donors (Lipinski definition) is 1. The molecule has 0 aliphatic rings. The summed E-state index contributed by atoms with van der Waals surface area (Å²) in [5.41, 5.74) is 10.7. The molecule has 0 amide bonds. The third kappa shape index (κ3) is 3.20. The van der Waals surface area contributed by atoms with Crippen molar-refractivity contribution in [2.75, 3.05) is 7.11 Å². The molecule has 0 fully saturated rings. The van der Waals surface area contributed by atoms with Crippen molar-refractivity contribution in [2.24, 2.45) is 5.73 Å². The molecule has 2 heterocycles. The molecule has 5 nitrogen and oxygen atoms in total. The highest BCUT2D eigenvalue weighted by Gasteiger charge is 2.21. The van der Waals surface area contributed by atoms with Gasteiger partial charge in [0.2, 0.25) is 0 Å². The molecule has 0 saturated carbocycles. The van der Waals surface area contributed by atoms with Crippen LogP contribution in [0.1, 0.15) is 11.3 Å². The van der Waals surface area contributed by atoms with Crippen molar-refractivity contribution >= 4 is 27.5 Å². The molecule has 0 radical (unpaired) electrons. The van der Waals surface area contributed by atoms with Crippen LogP contribution in [-0.4, -0.2) is 28.5 Å². The van der Waals surface area contributed by atoms with Crippen LogP contribution >= 0.6 is 15.9 Å². The van der Waals surface area contributed by atoms with E-state index in [4.69, 9.17) is 15.5 Å². The number of nitrogens with zero attached hydrogens (tertiary/aromatic N) is 2. The Morgan fingerprint density at radius 3 is 2.67 bits per heavy atom. The first-order valence-electron chi connectivity index (χ1n) is 7.56. The zero-order valence-corrected chi connectivity index (χ0v) is 15.1. The number of pyridine rings is 1. The summed E-state index contributed by atoms with van der Waals surface area (Å²) in [7, 11) is 1.34. The van der Waals surface area contributed by atoms with E-state index < -0.39 is 12.0 Å². The van der Waals surface area contributed by atoms with Gasteiger partial charge in [0.05, 0.1) is 18.5 Å². The molecular formula is C18H18BrN3O2. The summed E-state index contributed by atoms with van der Waals surface area (Å²) in [6.07, 6.45) is 2.27. The van der Waals surface area contributed by atoms with E-state index >= 15 is 0 Å². The second-order valence-corrected chi connectivity index (χ2v) is 6.60. The van der Waals surface area contributed by atoms with Gasteiger partial charge in [0.1, 0.15) is 11.7 Å². The topological polar surface area (TPSA) is 69.6 Å². The third-order valence-corrected chi connectivity index (χ3v) is 4.39. The fraction of sp³-hybridized carbons (Fsp3) is 0.222. The number of aryl methyl sites for hydroxylation is 1. The van der Waals surface area contributed by atoms with Crippen LogP contribution in [0, 0.1) is 6.92 Å². The molecule has 0 saturated heterocycles. The maximum absolute atomic E-state index is 11.7. The van der Waals surface area contributed by atoms with E-state index in [-0.39, 0.29) is 0 Å². The highest BCUT2D eigenvalue weighted by molar-refractivity contribution is 9.10. The van der Waals surface area contributed by atoms with E-state index in [1.54, 1.807) is 0 Å². The molecule has 0 spiro atoms. The van der Waals surface area contributed by atoms with Crippen molar-refractivity contribution in [2.45, 2.75) is 19.4 Å². The normalized spacial score (nSPS) is 12.3. The first-order chi connectivity index (χ1) is 11.5. The molecule has 2 N–H and O–H groups in total. The van der Waals surface area contributed by atoms with E-state index in [0.717, 1.165) is 27.1 Å². The van der Waals surface area contributed by atoms with Gasteiger partial charge in [-0.15, -0.1) is 0 Å². The fourth-order valence-electron chi connectivity index (χ4n) is 2.65. The van der Waals surface area contributed by atoms with Gasteiger partial charge >= 0.3 is 5.97 Å². The number of fused-ring (bicyclic) bond motifs is 1. The smallest absolute Gasteiger partial charge is 0.323 e. The summed E-state index contributed by atoms with van der Waals surface area (Å²) >= 11 is 3.48. The maximum atomic E-state index is 11.7. The van der Waals surface area contributed by atoms with Gasteiger partial charge in [-0.2, -0.15) is 0 Å². The molecule has 1 aromatic carbocycles. The van der Waals surface area contributed by atoms with Crippen molar-refractivity contribution in [1.82, 2.24) is 9.38 Å². The molecule has 0 aliphatic heterocycles. The summed E-state index contributed by atoms with van der Waals surface area (Å²) in [6, 6.07) is 11.3. The van der Waals surface area contributed by atoms with Crippen LogP contribution in [-0.2, 0) is 16.0 Å². The Morgan fingerprint density at radius 1 is 1.29 bits per heavy atom. The third-order valence-electron chi connectivity index (χ3n) is 3.92. The average molecular weight is 388 g/mol. The van der Waals surface area contributed by atoms with E-state index in [1.165, 1.54) is 12.7 Å². The maximum Gasteiger partial charge on any atom is 0.323 e. The number of nitrogens with two attached hydrogens (primary N) is 1. The van der Waals surface area contributed by atoms with Crippen LogP contribution in [0.15, 0.2) is 47.1 Å². The Hall–Kier alpha value is -2.18. The standard InChI is InChI=1S/C18H18BrN3O2/c1-11-3-5-12(6-4-11)17-15(9-14(20)18(23)24-2)22-10-13(19)7-8-16(22)21-17/h3-8,10,14H,9,20H2,1-2H3. The minimum atomic E-state index is -0.738. The monoisotopic (exact) mass is 387 g/mol. The number of carbonyl (C=O) groups excluding carboxylic acids is 1. The predicted molar refractivity (Wildman–Crippen MR) is 96.8 cm³/mol. The second kappa shape index (κ2) is 6.75. The van der Waals surface area contributed by atoms with E-state index in [2.05, 4.69) is 15.9 Å². The van der Waals surface area contributed by atoms with Gasteiger partial charge in [-0.3, -0.25) is 4.79 Å². The lowest BCUT2D eigenvalue weighted by atomic mass is 10.0. The lowest BCUT2D eigenvalue weighted by molar-refractivity contribution is -0.142. The van der Waals surface area contributed by atoms with Crippen LogP contribution in [0.5, 0.6) is 0 Å². The number of ether oxygens (including phenoxy) is 1. The molecule has 24 heavy (non-hydrogen) atoms. The largest absolute Gasteiger partial charge is 0.468 e. The minimum absolute atomic E-state index is 0.341. The van der Waals surface area contributed by atoms with Crippen molar-refractivity contribution < 1.29 is 9.53 Å². The lowest BCUT2D eigenvalue weighted by Gasteiger charge is -2.11. The van der Waals surface area contributed by atoms with Crippen molar-refractivity contribution in [3.05, 3.63) is 58.3 Å². The van der Waals surface area contributed by atoms with Gasteiger partial charge < -0.3 is 14.9 Å². The first-order valence-corrected chi connectivity index (χ1v) is 8.36. The number of aromatic nitrogens is 2. The summed E-state index contributed by atoms with van der Waals surface area (Å²) in [6.45, 7) is 2.04. The summed E-state index contributed by atoms with van der Waals surface area (Å²) < 4.78 is 7.64. The van der Waals surface area contributed by atoms with E-state index in [9.17, 15) is 4.79 Å². The molecule has 1 atom stereocenters. The predicted octanol–water partition coefficient (Wildman–Crippen LogP) is 3.12. The highest BCUT2D eigenvalue weighted by atomic mass is 79.9. The molecule has 1 unspecified atom stereocenters. The van der Waals surface area contributed by atoms with Gasteiger partial charge in [0.15, 0.2) is 0 Å². The van der Waals surface area contributed by atoms with Crippen LogP contribution < -0.4 is 5.73 Å². The lowest BCUT2D eigenvalue weighted by Crippen LogP contribution is -2.34. The fourth-order valence-corrected chi connectivity index (χ4v) is 2.98. The Bertz CT molecular complexity index is 887. The van der Waals surface area contributed by atoms with Gasteiger partial charge in [-0.1, -0.05) is 29.8 Å². The van der Waals surface area contributed by atoms with Gasteiger partial charge in [-0.25, -0.2) is 4.98 Å². The number of carbonyl (C=O) groups is 1. The number of halogens is 1. The summed E-state index contributed by atoms with van der Waals surface area (Å²) in [4.78, 5) is 16.5. The molecule has 6 heteroatoms. The molecule has 2 aromatic heterocycles. The average Bonchev–Trinajstić information content (AvgIpc) is 2.92. The molecule has 0 aliphatic carbocycles. The molecular weight excluding hydrogens is 370 g/mol. The van der Waals surface area contributed by atoms with Gasteiger partial charge in [-0.05, 0) is 35.0 Å². The van der Waals surface area contributed by atoms with E-state index in [0.29, 0.717) is 6.42 Å². The SMILES string of the molecule is COC(=O)C(N)Cc1c(-c2ccc(C)cc2)nc2ccc(Br)cn12. The zero-order valence-electron chi connectivity index (χ0n) is 13.5. The van der Waals surface area contributed by atoms with Gasteiger partial charge in [0.25, 0.3) is 0 Å². The molecule has 124 valence electrons. The number of hydrogen-bond acceptors (Lipinski definition) is 4. The number of benzene rings is 1. The van der Waals surface area contributed by atoms with Crippen LogP contribution in [0.4, 0.5) is 0 Å². The molecule has 0 bridgehead atoms. The van der Waals surface area contributed by atoms with Crippen LogP contribution in [0.2, 0.25) is 0 Å². The molecule has 3 aromatic rings. The van der Waals surface area contributed by atoms with Crippen molar-refractivity contribution in [3.8, 4) is 11.3 Å². The van der Waals surface area contributed by atoms with Crippen LogP contribution in [0.25, 0.3) is 16.9 Å². The van der Waals surface area contributed by atoms with Gasteiger partial charge in [0, 0.05) is 22.7 Å². The van der Waals surface area contributed by atoms with E-state index in [1.807, 2.05) is 53.9 Å². The Balaban J connectivity index is 2.15. The number of imidazole rings is 1. The highest BCUT2D eigenvalue weighted by Crippen LogP contribution is 2.27. The first kappa shape index (κ1) is 16.7. The number of rotatable bonds is 4. The van der Waals surface area contributed by atoms with Crippen molar-refractivity contribution in [3.63, 3.8) is 0 Å². The second-order valence-electron chi connectivity index (χ2n) is 5.68. The Labute approximate surface area is 148 Å². The Morgan fingerprint density at radius 2 is 2.00 bits per heavy atom. The Kier molecular flexibility index (Phi) is 4.69. The number of esters is 1. The quantitative estimate of drug-likeness (QED) is 0.698. The van der Waals surface area contributed by atoms with Crippen molar-refractivity contribution in [1.29, 1.82) is 0 Å². The minimum Gasteiger partial charge on any atom is -0.468 e. The summed E-state index contributed by atoms with van der Waals surface area (Å²) in [5, 5.41) is 0. The van der Waals surface area contributed by atoms with Crippen LogP contribution in [0.3, 0.4) is 0 Å². The molecule has 3 rings (SSSR count). The number of methoxy groups -OCH3 is 1.